The summed E-state index contributed by atoms with van der Waals surface area (Å²) in [5, 5.41) is 2.28. The molecule has 0 fully saturated rings. The molecule has 1 N–H and O–H groups in total. The van der Waals surface area contributed by atoms with Crippen LogP contribution in [0.3, 0.4) is 0 Å². The van der Waals surface area contributed by atoms with Crippen molar-refractivity contribution in [1.82, 2.24) is 0 Å². The summed E-state index contributed by atoms with van der Waals surface area (Å²) in [4.78, 5) is 9.57. The minimum atomic E-state index is 0.735. The van der Waals surface area contributed by atoms with Crippen LogP contribution in [0.5, 0.6) is 5.75 Å². The highest BCUT2D eigenvalue weighted by molar-refractivity contribution is 5.96. The Hall–Kier alpha value is -1.74. The second-order valence-corrected chi connectivity index (χ2v) is 2.93. The Bertz CT molecular complexity index is 467. The smallest absolute Gasteiger partial charge is 0.194 e. The van der Waals surface area contributed by atoms with Crippen LogP contribution < -0.4 is 10.4 Å². The van der Waals surface area contributed by atoms with Gasteiger partial charge in [-0.25, -0.2) is 5.48 Å². The van der Waals surface area contributed by atoms with Crippen LogP contribution in [0.15, 0.2) is 36.4 Å². The number of anilines is 1. The molecule has 0 spiro atoms. The van der Waals surface area contributed by atoms with E-state index in [2.05, 4.69) is 16.5 Å². The summed E-state index contributed by atoms with van der Waals surface area (Å²) < 4.78 is 0. The summed E-state index contributed by atoms with van der Waals surface area (Å²) >= 11 is 0. The second-order valence-electron chi connectivity index (χ2n) is 2.93. The van der Waals surface area contributed by atoms with Gasteiger partial charge in [0.05, 0.1) is 0 Å². The van der Waals surface area contributed by atoms with Crippen molar-refractivity contribution in [3.63, 3.8) is 0 Å². The van der Waals surface area contributed by atoms with E-state index in [0.29, 0.717) is 0 Å². The lowest BCUT2D eigenvalue weighted by atomic mass is 10.1. The van der Waals surface area contributed by atoms with E-state index in [4.69, 9.17) is 4.89 Å². The van der Waals surface area contributed by atoms with Gasteiger partial charge in [0, 0.05) is 5.39 Å². The SMILES string of the molecule is c1ccc2c3c(ccc2c1)OON3. The quantitative estimate of drug-likeness (QED) is 0.621. The van der Waals surface area contributed by atoms with Gasteiger partial charge in [-0.1, -0.05) is 35.3 Å². The Morgan fingerprint density at radius 1 is 1.00 bits per heavy atom. The summed E-state index contributed by atoms with van der Waals surface area (Å²) in [5.41, 5.74) is 3.62. The van der Waals surface area contributed by atoms with Gasteiger partial charge >= 0.3 is 0 Å². The van der Waals surface area contributed by atoms with Gasteiger partial charge in [0.15, 0.2) is 5.75 Å². The molecule has 0 bridgehead atoms. The first kappa shape index (κ1) is 6.74. The molecule has 1 aliphatic rings. The molecule has 0 aromatic heterocycles. The third-order valence-electron chi connectivity index (χ3n) is 2.17. The topological polar surface area (TPSA) is 30.5 Å². The number of fused-ring (bicyclic) bond motifs is 3. The molecule has 0 radical (unpaired) electrons. The molecule has 3 heteroatoms. The van der Waals surface area contributed by atoms with E-state index in [9.17, 15) is 0 Å². The highest BCUT2D eigenvalue weighted by Crippen LogP contribution is 2.36. The number of benzene rings is 2. The molecule has 3 nitrogen and oxygen atoms in total. The van der Waals surface area contributed by atoms with E-state index in [1.54, 1.807) is 0 Å². The summed E-state index contributed by atoms with van der Waals surface area (Å²) in [6.07, 6.45) is 0. The van der Waals surface area contributed by atoms with E-state index in [-0.39, 0.29) is 0 Å². The van der Waals surface area contributed by atoms with E-state index in [1.807, 2.05) is 30.3 Å². The van der Waals surface area contributed by atoms with Gasteiger partial charge in [0.1, 0.15) is 5.69 Å². The average Bonchev–Trinajstić information content (AvgIpc) is 2.65. The molecule has 13 heavy (non-hydrogen) atoms. The minimum Gasteiger partial charge on any atom is -0.312 e. The molecule has 0 saturated heterocycles. The van der Waals surface area contributed by atoms with Crippen LogP contribution in [-0.2, 0) is 4.99 Å². The van der Waals surface area contributed by atoms with Crippen LogP contribution in [0.2, 0.25) is 0 Å². The number of hydrogen-bond acceptors (Lipinski definition) is 3. The lowest BCUT2D eigenvalue weighted by molar-refractivity contribution is -0.160. The Morgan fingerprint density at radius 2 is 1.92 bits per heavy atom. The standard InChI is InChI=1S/C10H7NO2/c1-2-4-8-7(3-1)5-6-9-10(8)11-13-12-9/h1-6,11H. The first-order chi connectivity index (χ1) is 6.45. The molecule has 0 atom stereocenters. The van der Waals surface area contributed by atoms with Crippen molar-refractivity contribution in [3.05, 3.63) is 36.4 Å². The molecule has 1 heterocycles. The second kappa shape index (κ2) is 2.37. The summed E-state index contributed by atoms with van der Waals surface area (Å²) in [7, 11) is 0. The molecule has 0 unspecified atom stereocenters. The highest BCUT2D eigenvalue weighted by atomic mass is 17.3. The largest absolute Gasteiger partial charge is 0.312 e. The first-order valence-corrected chi connectivity index (χ1v) is 4.06. The molecule has 0 amide bonds. The molecule has 2 aromatic rings. The zero-order chi connectivity index (χ0) is 8.67. The van der Waals surface area contributed by atoms with E-state index in [1.165, 1.54) is 5.39 Å². The number of hydrogen-bond donors (Lipinski definition) is 1. The molecule has 64 valence electrons. The fraction of sp³-hybridized carbons (Fsp3) is 0. The lowest BCUT2D eigenvalue weighted by Gasteiger charge is -1.99. The Kier molecular flexibility index (Phi) is 1.23. The Morgan fingerprint density at radius 3 is 2.92 bits per heavy atom. The summed E-state index contributed by atoms with van der Waals surface area (Å²) in [5.74, 6) is 0.735. The first-order valence-electron chi connectivity index (χ1n) is 4.06. The van der Waals surface area contributed by atoms with Crippen molar-refractivity contribution in [1.29, 1.82) is 0 Å². The van der Waals surface area contributed by atoms with Gasteiger partial charge in [0.2, 0.25) is 0 Å². The average molecular weight is 173 g/mol. The van der Waals surface area contributed by atoms with Crippen LogP contribution in [0.25, 0.3) is 10.8 Å². The van der Waals surface area contributed by atoms with Crippen molar-refractivity contribution < 1.29 is 9.88 Å². The maximum absolute atomic E-state index is 4.90. The van der Waals surface area contributed by atoms with Crippen molar-refractivity contribution >= 4 is 16.5 Å². The van der Waals surface area contributed by atoms with E-state index >= 15 is 0 Å². The zero-order valence-electron chi connectivity index (χ0n) is 6.78. The van der Waals surface area contributed by atoms with E-state index < -0.39 is 0 Å². The predicted octanol–water partition coefficient (Wildman–Crippen LogP) is 2.49. The third-order valence-corrected chi connectivity index (χ3v) is 2.17. The van der Waals surface area contributed by atoms with Crippen molar-refractivity contribution in [2.75, 3.05) is 5.48 Å². The Labute approximate surface area is 74.8 Å². The third kappa shape index (κ3) is 0.877. The fourth-order valence-corrected chi connectivity index (χ4v) is 1.53. The molecule has 2 aromatic carbocycles. The van der Waals surface area contributed by atoms with Crippen molar-refractivity contribution in [3.8, 4) is 5.75 Å². The lowest BCUT2D eigenvalue weighted by Crippen LogP contribution is -1.92. The predicted molar refractivity (Wildman–Crippen MR) is 49.3 cm³/mol. The minimum absolute atomic E-state index is 0.735. The summed E-state index contributed by atoms with van der Waals surface area (Å²) in [6, 6.07) is 12.0. The monoisotopic (exact) mass is 173 g/mol. The zero-order valence-corrected chi connectivity index (χ0v) is 6.78. The summed E-state index contributed by atoms with van der Waals surface area (Å²) in [6.45, 7) is 0. The maximum atomic E-state index is 4.90. The fourth-order valence-electron chi connectivity index (χ4n) is 1.53. The van der Waals surface area contributed by atoms with Gasteiger partial charge in [-0.15, -0.1) is 0 Å². The molecule has 0 aliphatic carbocycles. The Balaban J connectivity index is 2.43. The van der Waals surface area contributed by atoms with Crippen molar-refractivity contribution in [2.24, 2.45) is 0 Å². The van der Waals surface area contributed by atoms with E-state index in [0.717, 1.165) is 16.8 Å². The van der Waals surface area contributed by atoms with Crippen LogP contribution in [0.1, 0.15) is 0 Å². The van der Waals surface area contributed by atoms with Crippen LogP contribution in [-0.4, -0.2) is 0 Å². The molecule has 0 saturated carbocycles. The highest BCUT2D eigenvalue weighted by Gasteiger charge is 2.15. The molecule has 3 rings (SSSR count). The normalized spacial score (nSPS) is 13.5. The number of nitrogens with one attached hydrogen (secondary N) is 1. The molecular weight excluding hydrogens is 166 g/mol. The van der Waals surface area contributed by atoms with Crippen molar-refractivity contribution in [2.45, 2.75) is 0 Å². The van der Waals surface area contributed by atoms with Gasteiger partial charge in [-0.2, -0.15) is 0 Å². The van der Waals surface area contributed by atoms with Gasteiger partial charge in [-0.3, -0.25) is 0 Å². The van der Waals surface area contributed by atoms with Gasteiger partial charge in [-0.05, 0) is 11.5 Å². The van der Waals surface area contributed by atoms with Gasteiger partial charge in [0.25, 0.3) is 0 Å². The van der Waals surface area contributed by atoms with Gasteiger partial charge < -0.3 is 4.89 Å². The van der Waals surface area contributed by atoms with Crippen LogP contribution in [0, 0.1) is 0 Å². The molecular formula is C10H7NO2. The molecule has 1 aliphatic heterocycles. The van der Waals surface area contributed by atoms with Crippen LogP contribution >= 0.6 is 0 Å². The van der Waals surface area contributed by atoms with Crippen LogP contribution in [0.4, 0.5) is 5.69 Å². The maximum Gasteiger partial charge on any atom is 0.194 e. The number of rotatable bonds is 0.